The molecule has 20 heavy (non-hydrogen) atoms. The lowest BCUT2D eigenvalue weighted by Gasteiger charge is -2.33. The van der Waals surface area contributed by atoms with Gasteiger partial charge in [-0.15, -0.1) is 0 Å². The quantitative estimate of drug-likeness (QED) is 0.882. The van der Waals surface area contributed by atoms with Gasteiger partial charge in [0.1, 0.15) is 5.75 Å². The van der Waals surface area contributed by atoms with Crippen molar-refractivity contribution in [3.63, 3.8) is 0 Å². The summed E-state index contributed by atoms with van der Waals surface area (Å²) in [7, 11) is 0. The van der Waals surface area contributed by atoms with E-state index in [2.05, 4.69) is 0 Å². The van der Waals surface area contributed by atoms with Crippen molar-refractivity contribution in [2.75, 3.05) is 6.54 Å². The van der Waals surface area contributed by atoms with Gasteiger partial charge in [0.05, 0.1) is 6.42 Å². The van der Waals surface area contributed by atoms with Crippen molar-refractivity contribution < 1.29 is 24.5 Å². The number of nitrogens with zero attached hydrogens (tertiary/aromatic N) is 1. The zero-order valence-electron chi connectivity index (χ0n) is 11.0. The molecular weight excluding hydrogens is 262 g/mol. The van der Waals surface area contributed by atoms with Crippen LogP contribution in [-0.4, -0.2) is 39.9 Å². The molecule has 0 bridgehead atoms. The van der Waals surface area contributed by atoms with Crippen molar-refractivity contribution in [1.29, 1.82) is 0 Å². The van der Waals surface area contributed by atoms with Gasteiger partial charge in [-0.3, -0.25) is 9.69 Å². The summed E-state index contributed by atoms with van der Waals surface area (Å²) in [5.41, 5.74) is 0.552. The lowest BCUT2D eigenvalue weighted by atomic mass is 10.1. The van der Waals surface area contributed by atoms with Crippen LogP contribution in [-0.2, 0) is 11.2 Å². The molecule has 1 amide bonds. The minimum absolute atomic E-state index is 0.143. The largest absolute Gasteiger partial charge is 0.481 e. The fourth-order valence-corrected chi connectivity index (χ4v) is 2.32. The van der Waals surface area contributed by atoms with Crippen molar-refractivity contribution in [3.8, 4) is 5.75 Å². The number of carboxylic acids is 1. The van der Waals surface area contributed by atoms with E-state index in [-0.39, 0.29) is 6.42 Å². The normalized spacial score (nSPS) is 18.6. The fourth-order valence-electron chi connectivity index (χ4n) is 2.32. The molecule has 1 aromatic carbocycles. The Hall–Kier alpha value is -2.24. The van der Waals surface area contributed by atoms with Gasteiger partial charge in [0.15, 0.2) is 6.23 Å². The molecule has 2 rings (SSSR count). The molecule has 0 spiro atoms. The molecule has 1 atom stereocenters. The minimum atomic E-state index is -1.01. The van der Waals surface area contributed by atoms with Crippen LogP contribution in [0.25, 0.3) is 0 Å². The molecule has 1 heterocycles. The van der Waals surface area contributed by atoms with Crippen molar-refractivity contribution in [3.05, 3.63) is 29.8 Å². The predicted octanol–water partition coefficient (Wildman–Crippen LogP) is 2.18. The number of para-hydroxylation sites is 1. The maximum absolute atomic E-state index is 11.2. The molecule has 2 N–H and O–H groups in total. The van der Waals surface area contributed by atoms with Crippen LogP contribution in [0.1, 0.15) is 24.8 Å². The van der Waals surface area contributed by atoms with E-state index in [1.165, 1.54) is 4.90 Å². The van der Waals surface area contributed by atoms with E-state index >= 15 is 0 Å². The van der Waals surface area contributed by atoms with Gasteiger partial charge < -0.3 is 14.9 Å². The van der Waals surface area contributed by atoms with E-state index < -0.39 is 18.3 Å². The van der Waals surface area contributed by atoms with Crippen LogP contribution in [0.15, 0.2) is 24.3 Å². The highest BCUT2D eigenvalue weighted by Crippen LogP contribution is 2.25. The number of amides is 1. The second-order valence-corrected chi connectivity index (χ2v) is 4.72. The van der Waals surface area contributed by atoms with Gasteiger partial charge in [-0.05, 0) is 18.9 Å². The average molecular weight is 279 g/mol. The summed E-state index contributed by atoms with van der Waals surface area (Å²) in [5, 5.41) is 18.0. The lowest BCUT2D eigenvalue weighted by molar-refractivity contribution is -0.136. The van der Waals surface area contributed by atoms with Crippen molar-refractivity contribution in [1.82, 2.24) is 4.90 Å². The molecule has 0 aromatic heterocycles. The van der Waals surface area contributed by atoms with E-state index in [0.717, 1.165) is 12.8 Å². The number of carbonyl (C=O) groups is 2. The van der Waals surface area contributed by atoms with Crippen molar-refractivity contribution in [2.24, 2.45) is 0 Å². The molecular formula is C14H17NO5. The summed E-state index contributed by atoms with van der Waals surface area (Å²) in [6, 6.07) is 6.83. The predicted molar refractivity (Wildman–Crippen MR) is 70.8 cm³/mol. The highest BCUT2D eigenvalue weighted by molar-refractivity contribution is 5.71. The van der Waals surface area contributed by atoms with Crippen LogP contribution in [0.5, 0.6) is 5.75 Å². The third-order valence-electron chi connectivity index (χ3n) is 3.27. The molecule has 6 heteroatoms. The molecule has 1 fully saturated rings. The number of piperidine rings is 1. The summed E-state index contributed by atoms with van der Waals surface area (Å²) in [5.74, 6) is -0.507. The molecule has 6 nitrogen and oxygen atoms in total. The Morgan fingerprint density at radius 1 is 1.25 bits per heavy atom. The van der Waals surface area contributed by atoms with E-state index in [1.807, 2.05) is 0 Å². The summed E-state index contributed by atoms with van der Waals surface area (Å²) in [4.78, 5) is 23.3. The highest BCUT2D eigenvalue weighted by Gasteiger charge is 2.28. The summed E-state index contributed by atoms with van der Waals surface area (Å²) >= 11 is 0. The number of carboxylic acid groups (broad SMARTS) is 2. The molecule has 108 valence electrons. The smallest absolute Gasteiger partial charge is 0.410 e. The number of ether oxygens (including phenoxy) is 1. The van der Waals surface area contributed by atoms with Crippen LogP contribution in [0, 0.1) is 0 Å². The van der Waals surface area contributed by atoms with Crippen LogP contribution in [0.3, 0.4) is 0 Å². The van der Waals surface area contributed by atoms with Gasteiger partial charge >= 0.3 is 12.1 Å². The molecule has 0 saturated carbocycles. The zero-order valence-corrected chi connectivity index (χ0v) is 11.0. The second-order valence-electron chi connectivity index (χ2n) is 4.72. The number of rotatable bonds is 4. The average Bonchev–Trinajstić information content (AvgIpc) is 2.41. The molecule has 1 saturated heterocycles. The maximum Gasteiger partial charge on any atom is 0.410 e. The Morgan fingerprint density at radius 3 is 2.70 bits per heavy atom. The molecule has 1 unspecified atom stereocenters. The van der Waals surface area contributed by atoms with Gasteiger partial charge in [-0.25, -0.2) is 4.79 Å². The SMILES string of the molecule is O=C(O)Cc1ccccc1OC1CCCCN1C(=O)O. The van der Waals surface area contributed by atoms with Gasteiger partial charge in [-0.1, -0.05) is 18.2 Å². The van der Waals surface area contributed by atoms with E-state index in [4.69, 9.17) is 14.9 Å². The summed E-state index contributed by atoms with van der Waals surface area (Å²) in [6.07, 6.45) is 0.643. The topological polar surface area (TPSA) is 87.1 Å². The molecule has 1 aliphatic heterocycles. The van der Waals surface area contributed by atoms with Crippen LogP contribution in [0.2, 0.25) is 0 Å². The van der Waals surface area contributed by atoms with Gasteiger partial charge in [0.25, 0.3) is 0 Å². The number of hydrogen-bond donors (Lipinski definition) is 2. The first-order valence-corrected chi connectivity index (χ1v) is 6.54. The molecule has 1 aliphatic rings. The van der Waals surface area contributed by atoms with Crippen molar-refractivity contribution >= 4 is 12.1 Å². The monoisotopic (exact) mass is 279 g/mol. The maximum atomic E-state index is 11.2. The Morgan fingerprint density at radius 2 is 2.00 bits per heavy atom. The first kappa shape index (κ1) is 14.2. The zero-order chi connectivity index (χ0) is 14.5. The third-order valence-corrected chi connectivity index (χ3v) is 3.27. The summed E-state index contributed by atoms with van der Waals surface area (Å²) in [6.45, 7) is 0.446. The Labute approximate surface area is 116 Å². The molecule has 0 radical (unpaired) electrons. The Kier molecular flexibility index (Phi) is 4.45. The number of benzene rings is 1. The van der Waals surface area contributed by atoms with Crippen LogP contribution in [0.4, 0.5) is 4.79 Å². The van der Waals surface area contributed by atoms with Crippen molar-refractivity contribution in [2.45, 2.75) is 31.9 Å². The van der Waals surface area contributed by atoms with Gasteiger partial charge in [0.2, 0.25) is 0 Å². The lowest BCUT2D eigenvalue weighted by Crippen LogP contribution is -2.46. The number of hydrogen-bond acceptors (Lipinski definition) is 3. The van der Waals surface area contributed by atoms with Crippen LogP contribution >= 0.6 is 0 Å². The highest BCUT2D eigenvalue weighted by atomic mass is 16.5. The van der Waals surface area contributed by atoms with E-state index in [1.54, 1.807) is 24.3 Å². The Balaban J connectivity index is 2.15. The summed E-state index contributed by atoms with van der Waals surface area (Å²) < 4.78 is 5.74. The fraction of sp³-hybridized carbons (Fsp3) is 0.429. The van der Waals surface area contributed by atoms with E-state index in [0.29, 0.717) is 24.3 Å². The first-order chi connectivity index (χ1) is 9.58. The molecule has 0 aliphatic carbocycles. The third kappa shape index (κ3) is 3.40. The number of aliphatic carboxylic acids is 1. The van der Waals surface area contributed by atoms with Crippen LogP contribution < -0.4 is 4.74 Å². The van der Waals surface area contributed by atoms with E-state index in [9.17, 15) is 9.59 Å². The minimum Gasteiger partial charge on any atom is -0.481 e. The molecule has 1 aromatic rings. The second kappa shape index (κ2) is 6.27. The first-order valence-electron chi connectivity index (χ1n) is 6.54. The van der Waals surface area contributed by atoms with Gasteiger partial charge in [-0.2, -0.15) is 0 Å². The number of likely N-dealkylation sites (tertiary alicyclic amines) is 1. The standard InChI is InChI=1S/C14H17NO5/c16-13(17)9-10-5-1-2-6-11(10)20-12-7-3-4-8-15(12)14(18)19/h1-2,5-6,12H,3-4,7-9H2,(H,16,17)(H,18,19). The van der Waals surface area contributed by atoms with Gasteiger partial charge in [0, 0.05) is 18.5 Å². The Bertz CT molecular complexity index is 502.